The molecule has 0 aliphatic heterocycles. The lowest BCUT2D eigenvalue weighted by atomic mass is 10.1. The molecule has 1 aromatic rings. The minimum absolute atomic E-state index is 0.248. The molecular formula is C12H13ClN2O. The van der Waals surface area contributed by atoms with Crippen LogP contribution >= 0.6 is 11.6 Å². The van der Waals surface area contributed by atoms with Crippen LogP contribution in [0.2, 0.25) is 5.02 Å². The van der Waals surface area contributed by atoms with E-state index in [0.29, 0.717) is 10.6 Å². The van der Waals surface area contributed by atoms with Crippen LogP contribution in [0, 0.1) is 12.3 Å². The molecule has 1 aromatic heterocycles. The summed E-state index contributed by atoms with van der Waals surface area (Å²) in [5.41, 5.74) is 0.396. The predicted molar refractivity (Wildman–Crippen MR) is 64.2 cm³/mol. The maximum absolute atomic E-state index is 11.8. The second-order valence-corrected chi connectivity index (χ2v) is 3.74. The van der Waals surface area contributed by atoms with Gasteiger partial charge in [0.05, 0.1) is 16.6 Å². The first kappa shape index (κ1) is 12.5. The highest BCUT2D eigenvalue weighted by molar-refractivity contribution is 6.33. The Bertz CT molecular complexity index is 412. The SMILES string of the molecule is C#C[C@H](CCC)NC(=O)c1ccncc1Cl. The molecule has 0 spiro atoms. The lowest BCUT2D eigenvalue weighted by molar-refractivity contribution is 0.0944. The van der Waals surface area contributed by atoms with Gasteiger partial charge in [-0.1, -0.05) is 30.9 Å². The van der Waals surface area contributed by atoms with Crippen LogP contribution in [0.15, 0.2) is 18.5 Å². The van der Waals surface area contributed by atoms with Crippen LogP contribution in [0.5, 0.6) is 0 Å². The average Bonchev–Trinajstić information content (AvgIpc) is 2.28. The van der Waals surface area contributed by atoms with E-state index in [0.717, 1.165) is 12.8 Å². The fourth-order valence-corrected chi connectivity index (χ4v) is 1.49. The van der Waals surface area contributed by atoms with E-state index in [-0.39, 0.29) is 11.9 Å². The van der Waals surface area contributed by atoms with Crippen molar-refractivity contribution in [2.45, 2.75) is 25.8 Å². The highest BCUT2D eigenvalue weighted by Crippen LogP contribution is 2.13. The standard InChI is InChI=1S/C12H13ClN2O/c1-3-5-9(4-2)15-12(16)10-6-7-14-8-11(10)13/h2,6-9H,3,5H2,1H3,(H,15,16)/t9-/m1/s1. The van der Waals surface area contributed by atoms with Crippen LogP contribution < -0.4 is 5.32 Å². The minimum Gasteiger partial charge on any atom is -0.338 e. The number of carbonyl (C=O) groups is 1. The van der Waals surface area contributed by atoms with Crippen LogP contribution in [0.1, 0.15) is 30.1 Å². The van der Waals surface area contributed by atoms with Gasteiger partial charge in [0, 0.05) is 12.4 Å². The smallest absolute Gasteiger partial charge is 0.253 e. The number of aromatic nitrogens is 1. The molecule has 0 unspecified atom stereocenters. The van der Waals surface area contributed by atoms with Crippen LogP contribution in [0.3, 0.4) is 0 Å². The van der Waals surface area contributed by atoms with Gasteiger partial charge < -0.3 is 5.32 Å². The van der Waals surface area contributed by atoms with Gasteiger partial charge in [0.2, 0.25) is 0 Å². The van der Waals surface area contributed by atoms with Crippen molar-refractivity contribution >= 4 is 17.5 Å². The van der Waals surface area contributed by atoms with Crippen molar-refractivity contribution in [2.75, 3.05) is 0 Å². The number of amides is 1. The molecule has 0 saturated heterocycles. The van der Waals surface area contributed by atoms with E-state index in [1.807, 2.05) is 6.92 Å². The number of pyridine rings is 1. The second kappa shape index (κ2) is 6.14. The lowest BCUT2D eigenvalue weighted by Gasteiger charge is -2.12. The lowest BCUT2D eigenvalue weighted by Crippen LogP contribution is -2.33. The average molecular weight is 237 g/mol. The first-order chi connectivity index (χ1) is 7.69. The molecule has 1 N–H and O–H groups in total. The molecule has 16 heavy (non-hydrogen) atoms. The molecule has 1 rings (SSSR count). The number of terminal acetylenes is 1. The van der Waals surface area contributed by atoms with Crippen molar-refractivity contribution in [1.82, 2.24) is 10.3 Å². The van der Waals surface area contributed by atoms with Gasteiger partial charge in [-0.3, -0.25) is 9.78 Å². The Morgan fingerprint density at radius 2 is 2.50 bits per heavy atom. The summed E-state index contributed by atoms with van der Waals surface area (Å²) in [6.45, 7) is 2.01. The third-order valence-electron chi connectivity index (χ3n) is 2.10. The monoisotopic (exact) mass is 236 g/mol. The molecule has 0 aromatic carbocycles. The van der Waals surface area contributed by atoms with Crippen LogP contribution in [0.4, 0.5) is 0 Å². The van der Waals surface area contributed by atoms with E-state index >= 15 is 0 Å². The molecular weight excluding hydrogens is 224 g/mol. The van der Waals surface area contributed by atoms with Crippen molar-refractivity contribution in [1.29, 1.82) is 0 Å². The maximum atomic E-state index is 11.8. The van der Waals surface area contributed by atoms with Crippen molar-refractivity contribution in [2.24, 2.45) is 0 Å². The molecule has 3 nitrogen and oxygen atoms in total. The van der Waals surface area contributed by atoms with E-state index in [4.69, 9.17) is 18.0 Å². The summed E-state index contributed by atoms with van der Waals surface area (Å²) in [4.78, 5) is 15.6. The predicted octanol–water partition coefficient (Wildman–Crippen LogP) is 2.27. The molecule has 1 heterocycles. The molecule has 0 fully saturated rings. The van der Waals surface area contributed by atoms with Gasteiger partial charge in [-0.25, -0.2) is 0 Å². The summed E-state index contributed by atoms with van der Waals surface area (Å²) in [5, 5.41) is 3.06. The molecule has 0 saturated carbocycles. The Kier molecular flexibility index (Phi) is 4.81. The van der Waals surface area contributed by atoms with Crippen molar-refractivity contribution < 1.29 is 4.79 Å². The molecule has 1 amide bonds. The van der Waals surface area contributed by atoms with Crippen molar-refractivity contribution in [3.8, 4) is 12.3 Å². The Hall–Kier alpha value is -1.53. The van der Waals surface area contributed by atoms with E-state index in [1.54, 1.807) is 6.07 Å². The summed E-state index contributed by atoms with van der Waals surface area (Å²) in [5.74, 6) is 2.27. The molecule has 84 valence electrons. The molecule has 0 aliphatic rings. The van der Waals surface area contributed by atoms with E-state index in [9.17, 15) is 4.79 Å². The number of hydrogen-bond donors (Lipinski definition) is 1. The number of rotatable bonds is 4. The number of nitrogens with one attached hydrogen (secondary N) is 1. The molecule has 4 heteroatoms. The van der Waals surface area contributed by atoms with Gasteiger partial charge in [-0.05, 0) is 12.5 Å². The summed E-state index contributed by atoms with van der Waals surface area (Å²) >= 11 is 5.85. The Morgan fingerprint density at radius 3 is 3.06 bits per heavy atom. The Balaban J connectivity index is 2.73. The summed E-state index contributed by atoms with van der Waals surface area (Å²) in [6.07, 6.45) is 9.94. The topological polar surface area (TPSA) is 42.0 Å². The second-order valence-electron chi connectivity index (χ2n) is 3.34. The van der Waals surface area contributed by atoms with Gasteiger partial charge in [-0.15, -0.1) is 6.42 Å². The molecule has 0 bridgehead atoms. The maximum Gasteiger partial charge on any atom is 0.253 e. The Morgan fingerprint density at radius 1 is 1.75 bits per heavy atom. The van der Waals surface area contributed by atoms with Crippen LogP contribution in [-0.2, 0) is 0 Å². The fourth-order valence-electron chi connectivity index (χ4n) is 1.28. The highest BCUT2D eigenvalue weighted by Gasteiger charge is 2.13. The first-order valence-electron chi connectivity index (χ1n) is 5.05. The highest BCUT2D eigenvalue weighted by atomic mass is 35.5. The number of halogens is 1. The van der Waals surface area contributed by atoms with E-state index < -0.39 is 0 Å². The first-order valence-corrected chi connectivity index (χ1v) is 5.43. The van der Waals surface area contributed by atoms with Crippen molar-refractivity contribution in [3.05, 3.63) is 29.0 Å². The zero-order chi connectivity index (χ0) is 12.0. The number of carbonyl (C=O) groups excluding carboxylic acids is 1. The fraction of sp³-hybridized carbons (Fsp3) is 0.333. The van der Waals surface area contributed by atoms with Gasteiger partial charge >= 0.3 is 0 Å². The summed E-state index contributed by atoms with van der Waals surface area (Å²) in [6, 6.07) is 1.32. The van der Waals surface area contributed by atoms with Gasteiger partial charge in [0.25, 0.3) is 5.91 Å². The van der Waals surface area contributed by atoms with E-state index in [1.165, 1.54) is 12.4 Å². The minimum atomic E-state index is -0.260. The van der Waals surface area contributed by atoms with Crippen LogP contribution in [0.25, 0.3) is 0 Å². The zero-order valence-corrected chi connectivity index (χ0v) is 9.79. The molecule has 0 radical (unpaired) electrons. The largest absolute Gasteiger partial charge is 0.338 e. The molecule has 0 aliphatic carbocycles. The normalized spacial score (nSPS) is 11.6. The summed E-state index contributed by atoms with van der Waals surface area (Å²) < 4.78 is 0. The van der Waals surface area contributed by atoms with E-state index in [2.05, 4.69) is 16.2 Å². The number of hydrogen-bond acceptors (Lipinski definition) is 2. The molecule has 1 atom stereocenters. The van der Waals surface area contributed by atoms with Gasteiger partial charge in [0.15, 0.2) is 0 Å². The summed E-state index contributed by atoms with van der Waals surface area (Å²) in [7, 11) is 0. The quantitative estimate of drug-likeness (QED) is 0.815. The Labute approximate surface area is 100 Å². The van der Waals surface area contributed by atoms with Crippen molar-refractivity contribution in [3.63, 3.8) is 0 Å². The number of nitrogens with zero attached hydrogens (tertiary/aromatic N) is 1. The zero-order valence-electron chi connectivity index (χ0n) is 9.03. The third-order valence-corrected chi connectivity index (χ3v) is 2.40. The van der Waals surface area contributed by atoms with Gasteiger partial charge in [0.1, 0.15) is 0 Å². The third kappa shape index (κ3) is 3.25. The van der Waals surface area contributed by atoms with Crippen LogP contribution in [-0.4, -0.2) is 16.9 Å². The van der Waals surface area contributed by atoms with Gasteiger partial charge in [-0.2, -0.15) is 0 Å².